The van der Waals surface area contributed by atoms with Crippen LogP contribution in [0.15, 0.2) is 0 Å². The van der Waals surface area contributed by atoms with E-state index in [0.29, 0.717) is 6.42 Å². The summed E-state index contributed by atoms with van der Waals surface area (Å²) in [5.41, 5.74) is 4.84. The van der Waals surface area contributed by atoms with Gasteiger partial charge >= 0.3 is 5.97 Å². The van der Waals surface area contributed by atoms with Crippen molar-refractivity contribution in [3.8, 4) is 0 Å². The van der Waals surface area contributed by atoms with Crippen molar-refractivity contribution in [2.75, 3.05) is 0 Å². The summed E-state index contributed by atoms with van der Waals surface area (Å²) in [7, 11) is 1.90. The quantitative estimate of drug-likeness (QED) is 0.943. The summed E-state index contributed by atoms with van der Waals surface area (Å²) in [6.45, 7) is 10.4. The molecule has 0 spiro atoms. The number of aromatic nitrogens is 3. The number of carboxylic acid groups (broad SMARTS) is 1. The fourth-order valence-electron chi connectivity index (χ4n) is 2.76. The van der Waals surface area contributed by atoms with Crippen LogP contribution in [0.1, 0.15) is 49.7 Å². The maximum atomic E-state index is 10.9. The van der Waals surface area contributed by atoms with Crippen molar-refractivity contribution in [1.82, 2.24) is 14.8 Å². The van der Waals surface area contributed by atoms with E-state index in [9.17, 15) is 4.79 Å². The van der Waals surface area contributed by atoms with Crippen molar-refractivity contribution in [3.63, 3.8) is 0 Å². The van der Waals surface area contributed by atoms with Crippen LogP contribution in [0.4, 0.5) is 0 Å². The average molecular weight is 289 g/mol. The molecule has 2 rings (SSSR count). The second kappa shape index (κ2) is 5.13. The topological polar surface area (TPSA) is 68.0 Å². The van der Waals surface area contributed by atoms with Crippen LogP contribution in [-0.2, 0) is 23.7 Å². The highest BCUT2D eigenvalue weighted by atomic mass is 16.4. The van der Waals surface area contributed by atoms with Gasteiger partial charge in [-0.05, 0) is 31.4 Å². The van der Waals surface area contributed by atoms with Crippen LogP contribution in [0, 0.1) is 13.8 Å². The lowest BCUT2D eigenvalue weighted by Crippen LogP contribution is -2.13. The highest BCUT2D eigenvalue weighted by Gasteiger charge is 2.25. The third-order valence-electron chi connectivity index (χ3n) is 3.85. The summed E-state index contributed by atoms with van der Waals surface area (Å²) in [6, 6.07) is 0. The van der Waals surface area contributed by atoms with E-state index in [1.807, 2.05) is 25.6 Å². The Bertz CT molecular complexity index is 709. The molecule has 0 atom stereocenters. The monoisotopic (exact) mass is 289 g/mol. The molecule has 2 heterocycles. The molecule has 0 aromatic carbocycles. The number of aliphatic carboxylic acids is 1. The van der Waals surface area contributed by atoms with Gasteiger partial charge in [0, 0.05) is 30.0 Å². The lowest BCUT2D eigenvalue weighted by atomic mass is 9.88. The van der Waals surface area contributed by atoms with Crippen LogP contribution < -0.4 is 0 Å². The molecule has 0 unspecified atom stereocenters. The van der Waals surface area contributed by atoms with E-state index >= 15 is 0 Å². The molecule has 0 bridgehead atoms. The molecule has 0 fully saturated rings. The Kier molecular flexibility index (Phi) is 3.78. The average Bonchev–Trinajstić information content (AvgIpc) is 2.66. The van der Waals surface area contributed by atoms with Gasteiger partial charge in [0.15, 0.2) is 5.65 Å². The van der Waals surface area contributed by atoms with Crippen LogP contribution in [0.5, 0.6) is 0 Å². The van der Waals surface area contributed by atoms with Gasteiger partial charge in [0.2, 0.25) is 0 Å². The number of nitrogens with zero attached hydrogens (tertiary/aromatic N) is 3. The molecule has 5 nitrogen and oxygen atoms in total. The van der Waals surface area contributed by atoms with Gasteiger partial charge in [0.1, 0.15) is 0 Å². The van der Waals surface area contributed by atoms with Gasteiger partial charge in [-0.25, -0.2) is 4.98 Å². The Morgan fingerprint density at radius 2 is 1.90 bits per heavy atom. The molecule has 5 heteroatoms. The Labute approximate surface area is 125 Å². The summed E-state index contributed by atoms with van der Waals surface area (Å²) in [5.74, 6) is -0.781. The van der Waals surface area contributed by atoms with Gasteiger partial charge < -0.3 is 5.11 Å². The molecule has 0 aliphatic heterocycles. The van der Waals surface area contributed by atoms with E-state index in [4.69, 9.17) is 5.11 Å². The Morgan fingerprint density at radius 1 is 1.29 bits per heavy atom. The normalized spacial score (nSPS) is 12.1. The third-order valence-corrected chi connectivity index (χ3v) is 3.85. The summed E-state index contributed by atoms with van der Waals surface area (Å²) >= 11 is 0. The standard InChI is InChI=1S/C16H23N3O2/c1-9-11(7-8-12(20)21)10(2)17-15-13(9)14(16(3,4)5)18-19(15)6/h7-8H2,1-6H3,(H,20,21). The largest absolute Gasteiger partial charge is 0.481 e. The number of carbonyl (C=O) groups is 1. The number of pyridine rings is 1. The van der Waals surface area contributed by atoms with Crippen molar-refractivity contribution < 1.29 is 9.90 Å². The van der Waals surface area contributed by atoms with Crippen molar-refractivity contribution in [2.45, 2.75) is 52.9 Å². The first-order valence-corrected chi connectivity index (χ1v) is 7.18. The van der Waals surface area contributed by atoms with Crippen LogP contribution in [0.25, 0.3) is 11.0 Å². The van der Waals surface area contributed by atoms with E-state index < -0.39 is 5.97 Å². The molecule has 2 aromatic rings. The first kappa shape index (κ1) is 15.5. The Balaban J connectivity index is 2.71. The van der Waals surface area contributed by atoms with Gasteiger partial charge in [0.25, 0.3) is 0 Å². The zero-order valence-corrected chi connectivity index (χ0v) is 13.6. The number of hydrogen-bond donors (Lipinski definition) is 1. The Hall–Kier alpha value is -1.91. The second-order valence-corrected chi connectivity index (χ2v) is 6.62. The molecule has 2 aromatic heterocycles. The first-order chi connectivity index (χ1) is 9.62. The highest BCUT2D eigenvalue weighted by Crippen LogP contribution is 2.32. The molecule has 21 heavy (non-hydrogen) atoms. The summed E-state index contributed by atoms with van der Waals surface area (Å²) in [5, 5.41) is 14.6. The molecule has 0 amide bonds. The van der Waals surface area contributed by atoms with E-state index in [-0.39, 0.29) is 11.8 Å². The molecule has 0 aliphatic carbocycles. The van der Waals surface area contributed by atoms with Crippen molar-refractivity contribution in [2.24, 2.45) is 7.05 Å². The van der Waals surface area contributed by atoms with Crippen LogP contribution in [0.3, 0.4) is 0 Å². The highest BCUT2D eigenvalue weighted by molar-refractivity contribution is 5.84. The van der Waals surface area contributed by atoms with Crippen LogP contribution in [-0.4, -0.2) is 25.8 Å². The van der Waals surface area contributed by atoms with Crippen molar-refractivity contribution in [1.29, 1.82) is 0 Å². The van der Waals surface area contributed by atoms with E-state index in [1.54, 1.807) is 0 Å². The van der Waals surface area contributed by atoms with E-state index in [0.717, 1.165) is 33.5 Å². The smallest absolute Gasteiger partial charge is 0.303 e. The van der Waals surface area contributed by atoms with Crippen molar-refractivity contribution in [3.05, 3.63) is 22.5 Å². The van der Waals surface area contributed by atoms with Crippen LogP contribution in [0.2, 0.25) is 0 Å². The fraction of sp³-hybridized carbons (Fsp3) is 0.562. The number of hydrogen-bond acceptors (Lipinski definition) is 3. The minimum Gasteiger partial charge on any atom is -0.481 e. The molecule has 0 radical (unpaired) electrons. The maximum Gasteiger partial charge on any atom is 0.303 e. The summed E-state index contributed by atoms with van der Waals surface area (Å²) in [6.07, 6.45) is 0.633. The Morgan fingerprint density at radius 3 is 2.43 bits per heavy atom. The van der Waals surface area contributed by atoms with Gasteiger partial charge in [-0.3, -0.25) is 9.48 Å². The molecule has 114 valence electrons. The molecular formula is C16H23N3O2. The summed E-state index contributed by atoms with van der Waals surface area (Å²) in [4.78, 5) is 15.5. The lowest BCUT2D eigenvalue weighted by Gasteiger charge is -2.17. The number of fused-ring (bicyclic) bond motifs is 1. The lowest BCUT2D eigenvalue weighted by molar-refractivity contribution is -0.136. The SMILES string of the molecule is Cc1nc2c(c(C(C)(C)C)nn2C)c(C)c1CCC(=O)O. The first-order valence-electron chi connectivity index (χ1n) is 7.18. The minimum atomic E-state index is -0.781. The predicted octanol–water partition coefficient (Wildman–Crippen LogP) is 2.90. The van der Waals surface area contributed by atoms with Crippen LogP contribution >= 0.6 is 0 Å². The third kappa shape index (κ3) is 2.77. The number of carboxylic acids is 1. The van der Waals surface area contributed by atoms with Gasteiger partial charge in [0.05, 0.1) is 5.69 Å². The van der Waals surface area contributed by atoms with Gasteiger partial charge in [-0.1, -0.05) is 20.8 Å². The fourth-order valence-corrected chi connectivity index (χ4v) is 2.76. The molecule has 1 N–H and O–H groups in total. The zero-order chi connectivity index (χ0) is 15.9. The molecule has 0 saturated heterocycles. The van der Waals surface area contributed by atoms with E-state index in [1.165, 1.54) is 0 Å². The van der Waals surface area contributed by atoms with Crippen molar-refractivity contribution >= 4 is 17.0 Å². The number of rotatable bonds is 3. The van der Waals surface area contributed by atoms with Gasteiger partial charge in [-0.2, -0.15) is 5.10 Å². The van der Waals surface area contributed by atoms with Gasteiger partial charge in [-0.15, -0.1) is 0 Å². The minimum absolute atomic E-state index is 0.0781. The van der Waals surface area contributed by atoms with E-state index in [2.05, 4.69) is 30.9 Å². The second-order valence-electron chi connectivity index (χ2n) is 6.62. The number of aryl methyl sites for hydroxylation is 3. The molecule has 0 saturated carbocycles. The summed E-state index contributed by atoms with van der Waals surface area (Å²) < 4.78 is 1.82. The molecule has 0 aliphatic rings. The predicted molar refractivity (Wildman–Crippen MR) is 82.6 cm³/mol. The maximum absolute atomic E-state index is 10.9. The zero-order valence-electron chi connectivity index (χ0n) is 13.6. The molecular weight excluding hydrogens is 266 g/mol.